The van der Waals surface area contributed by atoms with Gasteiger partial charge in [-0.15, -0.1) is 0 Å². The van der Waals surface area contributed by atoms with Crippen molar-refractivity contribution in [3.63, 3.8) is 0 Å². The van der Waals surface area contributed by atoms with E-state index in [4.69, 9.17) is 12.2 Å². The van der Waals surface area contributed by atoms with Gasteiger partial charge in [0.25, 0.3) is 0 Å². The average Bonchev–Trinajstić information content (AvgIpc) is 2.73. The fourth-order valence-corrected chi connectivity index (χ4v) is 3.27. The molecule has 0 unspecified atom stereocenters. The van der Waals surface area contributed by atoms with E-state index in [1.54, 1.807) is 31.5 Å². The molecule has 0 atom stereocenters. The van der Waals surface area contributed by atoms with E-state index >= 15 is 0 Å². The van der Waals surface area contributed by atoms with Crippen LogP contribution in [-0.2, 0) is 6.18 Å². The molecule has 0 radical (unpaired) electrons. The van der Waals surface area contributed by atoms with Crippen LogP contribution in [0.3, 0.4) is 0 Å². The third kappa shape index (κ3) is 6.26. The van der Waals surface area contributed by atoms with Gasteiger partial charge in [0, 0.05) is 17.3 Å². The maximum absolute atomic E-state index is 13.3. The molecule has 0 amide bonds. The van der Waals surface area contributed by atoms with Gasteiger partial charge in [-0.1, -0.05) is 30.4 Å². The molecule has 0 aliphatic carbocycles. The quantitative estimate of drug-likeness (QED) is 0.177. The zero-order chi connectivity index (χ0) is 24.2. The molecule has 1 N–H and O–H groups in total. The molecule has 2 aromatic carbocycles. The minimum atomic E-state index is -4.55. The minimum absolute atomic E-state index is 0.0337. The van der Waals surface area contributed by atoms with E-state index in [1.807, 2.05) is 0 Å². The maximum atomic E-state index is 13.3. The molecule has 0 aliphatic rings. The highest BCUT2D eigenvalue weighted by atomic mass is 32.1. The van der Waals surface area contributed by atoms with E-state index in [2.05, 4.69) is 10.1 Å². The van der Waals surface area contributed by atoms with Gasteiger partial charge < -0.3 is 15.2 Å². The molecule has 1 heterocycles. The molecule has 3 rings (SSSR count). The minimum Gasteiger partial charge on any atom is -0.867 e. The zero-order valence-electron chi connectivity index (χ0n) is 17.1. The fourth-order valence-electron chi connectivity index (χ4n) is 2.96. The normalized spacial score (nSPS) is 12.3. The Kier molecular flexibility index (Phi) is 7.27. The molecule has 0 saturated carbocycles. The van der Waals surface area contributed by atoms with Crippen molar-refractivity contribution in [1.82, 2.24) is 0 Å². The van der Waals surface area contributed by atoms with Crippen molar-refractivity contribution in [1.29, 1.82) is 0 Å². The van der Waals surface area contributed by atoms with Crippen LogP contribution in [0.5, 0.6) is 5.75 Å². The van der Waals surface area contributed by atoms with Crippen LogP contribution < -0.4 is 19.7 Å². The van der Waals surface area contributed by atoms with Crippen molar-refractivity contribution in [2.45, 2.75) is 19.7 Å². The summed E-state index contributed by atoms with van der Waals surface area (Å²) in [6, 6.07) is 12.9. The van der Waals surface area contributed by atoms with Gasteiger partial charge in [0.2, 0.25) is 5.70 Å². The Labute approximate surface area is 191 Å². The summed E-state index contributed by atoms with van der Waals surface area (Å²) in [7, 11) is 0. The summed E-state index contributed by atoms with van der Waals surface area (Å²) < 4.78 is 69.7. The number of ether oxygens (including phenoxy) is 1. The van der Waals surface area contributed by atoms with Crippen molar-refractivity contribution >= 4 is 34.3 Å². The monoisotopic (exact) mass is 480 g/mol. The van der Waals surface area contributed by atoms with Crippen LogP contribution >= 0.6 is 12.2 Å². The van der Waals surface area contributed by atoms with Crippen LogP contribution in [0, 0.1) is 6.92 Å². The smallest absolute Gasteiger partial charge is 0.416 e. The van der Waals surface area contributed by atoms with Gasteiger partial charge in [-0.25, -0.2) is 0 Å². The number of thiocarbonyl (C=S) groups is 1. The number of benzene rings is 2. The first kappa shape index (κ1) is 24.1. The van der Waals surface area contributed by atoms with E-state index < -0.39 is 24.1 Å². The number of alkyl halides is 5. The average molecular weight is 480 g/mol. The lowest BCUT2D eigenvalue weighted by molar-refractivity contribution is -0.578. The van der Waals surface area contributed by atoms with E-state index in [1.165, 1.54) is 41.0 Å². The van der Waals surface area contributed by atoms with Crippen molar-refractivity contribution in [2.75, 3.05) is 5.32 Å². The van der Waals surface area contributed by atoms with Gasteiger partial charge in [0.15, 0.2) is 17.4 Å². The third-order valence-corrected chi connectivity index (χ3v) is 4.72. The molecular weight excluding hydrogens is 463 g/mol. The number of aryl methyl sites for hydroxylation is 1. The Morgan fingerprint density at radius 3 is 2.36 bits per heavy atom. The number of rotatable bonds is 6. The van der Waals surface area contributed by atoms with Crippen molar-refractivity contribution in [3.8, 4) is 5.75 Å². The predicted molar refractivity (Wildman–Crippen MR) is 115 cm³/mol. The third-order valence-electron chi connectivity index (χ3n) is 4.43. The molecule has 0 bridgehead atoms. The molecule has 10 heteroatoms. The fraction of sp³-hybridized carbons (Fsp3) is 0.130. The number of aromatic nitrogens is 1. The number of hydrogen-bond donors (Lipinski definition) is 1. The number of pyridine rings is 1. The topological polar surface area (TPSA) is 48.2 Å². The summed E-state index contributed by atoms with van der Waals surface area (Å²) in [5.74, 6) is -0.699. The number of hydrogen-bond acceptors (Lipinski definition) is 3. The lowest BCUT2D eigenvalue weighted by Crippen LogP contribution is -2.40. The number of anilines is 1. The molecule has 4 nitrogen and oxygen atoms in total. The summed E-state index contributed by atoms with van der Waals surface area (Å²) >= 11 is 5.38. The maximum Gasteiger partial charge on any atom is 0.416 e. The summed E-state index contributed by atoms with van der Waals surface area (Å²) in [5.41, 5.74) is 0.0582. The van der Waals surface area contributed by atoms with Gasteiger partial charge in [-0.2, -0.15) is 26.5 Å². The highest BCUT2D eigenvalue weighted by molar-refractivity contribution is 7.81. The molecule has 0 spiro atoms. The number of halogens is 5. The second kappa shape index (κ2) is 9.95. The highest BCUT2D eigenvalue weighted by Gasteiger charge is 2.30. The zero-order valence-corrected chi connectivity index (χ0v) is 17.9. The first-order valence-corrected chi connectivity index (χ1v) is 9.89. The van der Waals surface area contributed by atoms with Crippen LogP contribution in [0.1, 0.15) is 16.7 Å². The first-order chi connectivity index (χ1) is 15.5. The van der Waals surface area contributed by atoms with E-state index in [9.17, 15) is 27.1 Å². The Morgan fingerprint density at radius 1 is 1.06 bits per heavy atom. The number of nitrogens with one attached hydrogen (secondary N) is 1. The van der Waals surface area contributed by atoms with E-state index in [0.717, 1.165) is 17.7 Å². The van der Waals surface area contributed by atoms with Gasteiger partial charge in [-0.3, -0.25) is 0 Å². The standard InChI is InChI=1S/C23H17F5N2O2S/c1-14-4-3-11-30(13-14)19(20(31)15-7-9-18(10-8-15)32-22(24)25)21(33)29-17-6-2-5-16(12-17)23(26,27)28/h2-13,22H,1H3,(H-,29,31,33). The largest absolute Gasteiger partial charge is 0.867 e. The highest BCUT2D eigenvalue weighted by Crippen LogP contribution is 2.31. The second-order valence-corrected chi connectivity index (χ2v) is 7.31. The molecule has 33 heavy (non-hydrogen) atoms. The van der Waals surface area contributed by atoms with Crippen LogP contribution in [0.25, 0.3) is 11.5 Å². The summed E-state index contributed by atoms with van der Waals surface area (Å²) in [6.07, 6.45) is -1.36. The first-order valence-electron chi connectivity index (χ1n) is 9.48. The summed E-state index contributed by atoms with van der Waals surface area (Å²) in [6.45, 7) is -1.22. The van der Waals surface area contributed by atoms with E-state index in [0.29, 0.717) is 0 Å². The lowest BCUT2D eigenvalue weighted by atomic mass is 10.1. The molecule has 1 aromatic heterocycles. The molecular formula is C23H17F5N2O2S. The van der Waals surface area contributed by atoms with Crippen molar-refractivity contribution in [3.05, 3.63) is 89.7 Å². The Morgan fingerprint density at radius 2 is 1.76 bits per heavy atom. The number of nitrogens with zero attached hydrogens (tertiary/aromatic N) is 1. The Bertz CT molecular complexity index is 1180. The summed E-state index contributed by atoms with van der Waals surface area (Å²) in [4.78, 5) is -0.122. The molecule has 3 aromatic rings. The Balaban J connectivity index is 2.02. The lowest BCUT2D eigenvalue weighted by Gasteiger charge is -2.18. The van der Waals surface area contributed by atoms with Gasteiger partial charge in [0.1, 0.15) is 5.75 Å². The van der Waals surface area contributed by atoms with Crippen LogP contribution in [0.4, 0.5) is 27.6 Å². The molecule has 0 fully saturated rings. The predicted octanol–water partition coefficient (Wildman–Crippen LogP) is 5.03. The van der Waals surface area contributed by atoms with Crippen LogP contribution in [0.15, 0.2) is 73.1 Å². The Hall–Kier alpha value is -3.53. The second-order valence-electron chi connectivity index (χ2n) is 6.90. The molecule has 0 aliphatic heterocycles. The summed E-state index contributed by atoms with van der Waals surface area (Å²) in [5, 5.41) is 16.0. The van der Waals surface area contributed by atoms with Crippen molar-refractivity contribution < 1.29 is 36.4 Å². The van der Waals surface area contributed by atoms with E-state index in [-0.39, 0.29) is 27.7 Å². The van der Waals surface area contributed by atoms with Crippen LogP contribution in [0.2, 0.25) is 0 Å². The van der Waals surface area contributed by atoms with Gasteiger partial charge >= 0.3 is 12.8 Å². The van der Waals surface area contributed by atoms with Crippen LogP contribution in [-0.4, -0.2) is 11.6 Å². The molecule has 172 valence electrons. The van der Waals surface area contributed by atoms with Crippen molar-refractivity contribution in [2.24, 2.45) is 0 Å². The van der Waals surface area contributed by atoms with Gasteiger partial charge in [-0.05, 0) is 54.6 Å². The van der Waals surface area contributed by atoms with Gasteiger partial charge in [0.05, 0.1) is 5.56 Å². The SMILES string of the molecule is Cc1ccc[n+](/C(C(=S)Nc2cccc(C(F)(F)F)c2)=C(/[O-])c2ccc(OC(F)F)cc2)c1. The molecule has 0 saturated heterocycles.